The lowest BCUT2D eigenvalue weighted by Crippen LogP contribution is -2.45. The third kappa shape index (κ3) is 3.37. The fourth-order valence-electron chi connectivity index (χ4n) is 2.13. The molecule has 1 atom stereocenters. The van der Waals surface area contributed by atoms with Crippen molar-refractivity contribution in [3.63, 3.8) is 0 Å². The Bertz CT molecular complexity index is 562. The number of hydrogen-bond donors (Lipinski definition) is 0. The van der Waals surface area contributed by atoms with Crippen LogP contribution in [0.3, 0.4) is 0 Å². The van der Waals surface area contributed by atoms with Gasteiger partial charge in [-0.05, 0) is 35.0 Å². The van der Waals surface area contributed by atoms with E-state index in [9.17, 15) is 22.4 Å². The molecular weight excluding hydrogens is 358 g/mol. The monoisotopic (exact) mass is 369 g/mol. The van der Waals surface area contributed by atoms with Crippen LogP contribution in [-0.2, 0) is 10.9 Å². The fraction of sp³-hybridized carbons (Fsp3) is 0.462. The number of rotatable bonds is 1. The summed E-state index contributed by atoms with van der Waals surface area (Å²) in [5.74, 6) is -2.33. The molecule has 0 radical (unpaired) electrons. The van der Waals surface area contributed by atoms with Crippen LogP contribution in [0, 0.1) is 5.82 Å². The van der Waals surface area contributed by atoms with Crippen LogP contribution in [0.15, 0.2) is 16.6 Å². The molecule has 0 saturated carbocycles. The summed E-state index contributed by atoms with van der Waals surface area (Å²) in [5.41, 5.74) is -2.05. The summed E-state index contributed by atoms with van der Waals surface area (Å²) >= 11 is 2.94. The second-order valence-electron chi connectivity index (χ2n) is 4.71. The largest absolute Gasteiger partial charge is 0.419 e. The van der Waals surface area contributed by atoms with Crippen LogP contribution in [0.5, 0.6) is 0 Å². The molecule has 1 saturated heterocycles. The molecule has 1 fully saturated rings. The van der Waals surface area contributed by atoms with Crippen molar-refractivity contribution in [2.75, 3.05) is 19.7 Å². The Morgan fingerprint density at radius 1 is 1.43 bits per heavy atom. The summed E-state index contributed by atoms with van der Waals surface area (Å²) in [5, 5.41) is 0. The van der Waals surface area contributed by atoms with E-state index in [-0.39, 0.29) is 30.3 Å². The molecule has 0 spiro atoms. The average Bonchev–Trinajstić information content (AvgIpc) is 2.37. The Morgan fingerprint density at radius 2 is 2.10 bits per heavy atom. The van der Waals surface area contributed by atoms with Crippen molar-refractivity contribution in [3.8, 4) is 0 Å². The van der Waals surface area contributed by atoms with Crippen LogP contribution in [0.25, 0.3) is 0 Å². The van der Waals surface area contributed by atoms with Crippen molar-refractivity contribution in [2.24, 2.45) is 0 Å². The number of alkyl halides is 3. The van der Waals surface area contributed by atoms with Gasteiger partial charge in [-0.25, -0.2) is 4.39 Å². The molecule has 1 aliphatic rings. The summed E-state index contributed by atoms with van der Waals surface area (Å²) in [6, 6.07) is 1.64. The van der Waals surface area contributed by atoms with Crippen molar-refractivity contribution in [1.82, 2.24) is 4.90 Å². The zero-order chi connectivity index (χ0) is 15.8. The first-order chi connectivity index (χ1) is 9.71. The number of nitrogens with zero attached hydrogens (tertiary/aromatic N) is 1. The highest BCUT2D eigenvalue weighted by molar-refractivity contribution is 9.10. The number of benzene rings is 1. The minimum atomic E-state index is -4.85. The summed E-state index contributed by atoms with van der Waals surface area (Å²) in [7, 11) is 0. The van der Waals surface area contributed by atoms with Crippen LogP contribution < -0.4 is 0 Å². The van der Waals surface area contributed by atoms with Crippen molar-refractivity contribution >= 4 is 21.8 Å². The molecular formula is C13H12BrF4NO2. The van der Waals surface area contributed by atoms with E-state index < -0.39 is 29.0 Å². The third-order valence-electron chi connectivity index (χ3n) is 3.14. The second-order valence-corrected chi connectivity index (χ2v) is 5.57. The number of halogens is 5. The van der Waals surface area contributed by atoms with E-state index in [1.54, 1.807) is 6.92 Å². The molecule has 1 heterocycles. The molecule has 0 unspecified atom stereocenters. The number of ether oxygens (including phenoxy) is 1. The lowest BCUT2D eigenvalue weighted by Gasteiger charge is -2.31. The molecule has 0 bridgehead atoms. The average molecular weight is 370 g/mol. The summed E-state index contributed by atoms with van der Waals surface area (Å²) in [6.45, 7) is 2.42. The van der Waals surface area contributed by atoms with E-state index in [0.29, 0.717) is 6.07 Å². The van der Waals surface area contributed by atoms with Crippen LogP contribution in [0.4, 0.5) is 17.6 Å². The first-order valence-electron chi connectivity index (χ1n) is 6.18. The number of hydrogen-bond acceptors (Lipinski definition) is 2. The molecule has 1 aliphatic heterocycles. The molecule has 2 rings (SSSR count). The number of morpholine rings is 1. The fourth-order valence-corrected chi connectivity index (χ4v) is 2.60. The van der Waals surface area contributed by atoms with E-state index in [0.717, 1.165) is 6.07 Å². The van der Waals surface area contributed by atoms with Gasteiger partial charge in [-0.15, -0.1) is 0 Å². The molecule has 0 aromatic heterocycles. The molecule has 0 N–H and O–H groups in total. The van der Waals surface area contributed by atoms with Gasteiger partial charge in [0.2, 0.25) is 0 Å². The van der Waals surface area contributed by atoms with E-state index in [2.05, 4.69) is 15.9 Å². The molecule has 1 aromatic rings. The molecule has 1 amide bonds. The Morgan fingerprint density at radius 3 is 2.67 bits per heavy atom. The zero-order valence-corrected chi connectivity index (χ0v) is 12.6. The normalized spacial score (nSPS) is 19.7. The first kappa shape index (κ1) is 16.2. The van der Waals surface area contributed by atoms with E-state index >= 15 is 0 Å². The Hall–Kier alpha value is -1.15. The SMILES string of the molecule is C[C@@H]1CN(C(=O)c2c(Br)ccc(C(F)(F)F)c2F)CCO1. The van der Waals surface area contributed by atoms with Crippen molar-refractivity contribution < 1.29 is 27.1 Å². The minimum Gasteiger partial charge on any atom is -0.375 e. The van der Waals surface area contributed by atoms with Crippen LogP contribution in [0.2, 0.25) is 0 Å². The van der Waals surface area contributed by atoms with Gasteiger partial charge in [0.1, 0.15) is 5.82 Å². The van der Waals surface area contributed by atoms with E-state index in [1.165, 1.54) is 4.90 Å². The topological polar surface area (TPSA) is 29.5 Å². The highest BCUT2D eigenvalue weighted by Gasteiger charge is 2.37. The van der Waals surface area contributed by atoms with Gasteiger partial charge in [0.05, 0.1) is 23.8 Å². The number of amides is 1. The van der Waals surface area contributed by atoms with Gasteiger partial charge in [0.25, 0.3) is 5.91 Å². The lowest BCUT2D eigenvalue weighted by molar-refractivity contribution is -0.140. The minimum absolute atomic E-state index is 0.00264. The van der Waals surface area contributed by atoms with Crippen LogP contribution >= 0.6 is 15.9 Å². The highest BCUT2D eigenvalue weighted by Crippen LogP contribution is 2.35. The molecule has 21 heavy (non-hydrogen) atoms. The molecule has 8 heteroatoms. The van der Waals surface area contributed by atoms with Gasteiger partial charge in [0.15, 0.2) is 0 Å². The molecule has 3 nitrogen and oxygen atoms in total. The van der Waals surface area contributed by atoms with Crippen LogP contribution in [0.1, 0.15) is 22.8 Å². The van der Waals surface area contributed by atoms with Gasteiger partial charge in [-0.1, -0.05) is 0 Å². The quantitative estimate of drug-likeness (QED) is 0.709. The molecule has 0 aliphatic carbocycles. The summed E-state index contributed by atoms with van der Waals surface area (Å²) < 4.78 is 57.5. The van der Waals surface area contributed by atoms with Crippen molar-refractivity contribution in [2.45, 2.75) is 19.2 Å². The van der Waals surface area contributed by atoms with Crippen molar-refractivity contribution in [3.05, 3.63) is 33.5 Å². The maximum Gasteiger partial charge on any atom is 0.419 e. The Balaban J connectivity index is 2.41. The lowest BCUT2D eigenvalue weighted by atomic mass is 10.1. The van der Waals surface area contributed by atoms with Gasteiger partial charge in [0, 0.05) is 17.6 Å². The molecule has 1 aromatic carbocycles. The predicted molar refractivity (Wildman–Crippen MR) is 70.4 cm³/mol. The first-order valence-corrected chi connectivity index (χ1v) is 6.97. The maximum absolute atomic E-state index is 14.1. The Kier molecular flexibility index (Phi) is 4.57. The van der Waals surface area contributed by atoms with E-state index in [4.69, 9.17) is 4.74 Å². The van der Waals surface area contributed by atoms with Gasteiger partial charge in [-0.2, -0.15) is 13.2 Å². The highest BCUT2D eigenvalue weighted by atomic mass is 79.9. The standard InChI is InChI=1S/C13H12BrF4NO2/c1-7-6-19(4-5-21-7)12(20)10-9(14)3-2-8(11(10)15)13(16,17)18/h2-3,7H,4-6H2,1H3/t7-/m1/s1. The second kappa shape index (κ2) is 5.92. The van der Waals surface area contributed by atoms with E-state index in [1.807, 2.05) is 0 Å². The third-order valence-corrected chi connectivity index (χ3v) is 3.80. The van der Waals surface area contributed by atoms with Gasteiger partial charge >= 0.3 is 6.18 Å². The summed E-state index contributed by atoms with van der Waals surface area (Å²) in [6.07, 6.45) is -5.09. The number of carbonyl (C=O) groups excluding carboxylic acids is 1. The molecule has 116 valence electrons. The Labute approximate surface area is 127 Å². The predicted octanol–water partition coefficient (Wildman–Crippen LogP) is 3.47. The number of carbonyl (C=O) groups is 1. The zero-order valence-electron chi connectivity index (χ0n) is 11.0. The smallest absolute Gasteiger partial charge is 0.375 e. The van der Waals surface area contributed by atoms with Gasteiger partial charge < -0.3 is 9.64 Å². The maximum atomic E-state index is 14.1. The van der Waals surface area contributed by atoms with Crippen LogP contribution in [-0.4, -0.2) is 36.6 Å². The summed E-state index contributed by atoms with van der Waals surface area (Å²) in [4.78, 5) is 13.6. The van der Waals surface area contributed by atoms with Gasteiger partial charge in [-0.3, -0.25) is 4.79 Å². The van der Waals surface area contributed by atoms with Crippen molar-refractivity contribution in [1.29, 1.82) is 0 Å².